The van der Waals surface area contributed by atoms with E-state index < -0.39 is 0 Å². The van der Waals surface area contributed by atoms with Crippen molar-refractivity contribution in [3.05, 3.63) is 17.5 Å². The lowest BCUT2D eigenvalue weighted by molar-refractivity contribution is 0.388. The van der Waals surface area contributed by atoms with Crippen molar-refractivity contribution in [1.29, 1.82) is 0 Å². The van der Waals surface area contributed by atoms with Gasteiger partial charge >= 0.3 is 0 Å². The molecule has 1 N–H and O–H groups in total. The van der Waals surface area contributed by atoms with E-state index in [1.54, 1.807) is 0 Å². The topological polar surface area (TPSA) is 29.9 Å². The number of rotatable bonds is 6. The highest BCUT2D eigenvalue weighted by Crippen LogP contribution is 2.17. The van der Waals surface area contributed by atoms with E-state index in [0.717, 1.165) is 24.6 Å². The maximum atomic E-state index is 4.40. The maximum absolute atomic E-state index is 4.40. The van der Waals surface area contributed by atoms with Crippen LogP contribution in [-0.4, -0.2) is 23.4 Å². The minimum Gasteiger partial charge on any atom is -0.319 e. The second-order valence-electron chi connectivity index (χ2n) is 5.16. The second-order valence-corrected chi connectivity index (χ2v) is 5.16. The molecular formula is C13H25N3. The van der Waals surface area contributed by atoms with Crippen LogP contribution in [0.2, 0.25) is 0 Å². The summed E-state index contributed by atoms with van der Waals surface area (Å²) in [4.78, 5) is 0. The first-order valence-corrected chi connectivity index (χ1v) is 6.17. The highest BCUT2D eigenvalue weighted by Gasteiger charge is 2.13. The van der Waals surface area contributed by atoms with E-state index in [1.165, 1.54) is 12.1 Å². The van der Waals surface area contributed by atoms with Crippen LogP contribution in [0.25, 0.3) is 0 Å². The van der Waals surface area contributed by atoms with Crippen LogP contribution in [0.4, 0.5) is 0 Å². The third-order valence-electron chi connectivity index (χ3n) is 2.89. The predicted octanol–water partition coefficient (Wildman–Crippen LogP) is 2.15. The molecule has 1 atom stereocenters. The standard InChI is InChI=1S/C13H25N3/c1-10(2)6-12(9-14-4)8-13-7-11(3)15-16(13)5/h7,10,12,14H,6,8-9H2,1-5H3. The Morgan fingerprint density at radius 2 is 2.12 bits per heavy atom. The fourth-order valence-corrected chi connectivity index (χ4v) is 2.35. The summed E-state index contributed by atoms with van der Waals surface area (Å²) in [6.45, 7) is 7.72. The molecule has 0 bridgehead atoms. The van der Waals surface area contributed by atoms with Crippen LogP contribution in [0.15, 0.2) is 6.07 Å². The molecule has 0 aromatic carbocycles. The molecule has 3 heteroatoms. The van der Waals surface area contributed by atoms with E-state index in [0.29, 0.717) is 5.92 Å². The highest BCUT2D eigenvalue weighted by molar-refractivity contribution is 5.09. The van der Waals surface area contributed by atoms with Gasteiger partial charge in [-0.15, -0.1) is 0 Å². The summed E-state index contributed by atoms with van der Waals surface area (Å²) in [5.74, 6) is 1.47. The van der Waals surface area contributed by atoms with Gasteiger partial charge in [0.05, 0.1) is 5.69 Å². The molecule has 1 aromatic rings. The van der Waals surface area contributed by atoms with Gasteiger partial charge in [-0.25, -0.2) is 0 Å². The Hall–Kier alpha value is -0.830. The average Bonchev–Trinajstić information content (AvgIpc) is 2.44. The normalized spacial score (nSPS) is 13.4. The highest BCUT2D eigenvalue weighted by atomic mass is 15.3. The van der Waals surface area contributed by atoms with Gasteiger partial charge in [-0.3, -0.25) is 4.68 Å². The number of hydrogen-bond donors (Lipinski definition) is 1. The summed E-state index contributed by atoms with van der Waals surface area (Å²) < 4.78 is 2.01. The van der Waals surface area contributed by atoms with Gasteiger partial charge in [0.1, 0.15) is 0 Å². The molecule has 0 aliphatic rings. The van der Waals surface area contributed by atoms with Crippen molar-refractivity contribution in [2.75, 3.05) is 13.6 Å². The maximum Gasteiger partial charge on any atom is 0.0596 e. The molecule has 3 nitrogen and oxygen atoms in total. The fraction of sp³-hybridized carbons (Fsp3) is 0.769. The molecular weight excluding hydrogens is 198 g/mol. The molecule has 1 unspecified atom stereocenters. The van der Waals surface area contributed by atoms with E-state index in [9.17, 15) is 0 Å². The quantitative estimate of drug-likeness (QED) is 0.801. The number of nitrogens with zero attached hydrogens (tertiary/aromatic N) is 2. The third-order valence-corrected chi connectivity index (χ3v) is 2.89. The van der Waals surface area contributed by atoms with Crippen LogP contribution in [0, 0.1) is 18.8 Å². The molecule has 0 aliphatic carbocycles. The third kappa shape index (κ3) is 3.97. The molecule has 0 fully saturated rings. The Morgan fingerprint density at radius 1 is 1.44 bits per heavy atom. The molecule has 1 rings (SSSR count). The molecule has 16 heavy (non-hydrogen) atoms. The summed E-state index contributed by atoms with van der Waals surface area (Å²) >= 11 is 0. The van der Waals surface area contributed by atoms with Gasteiger partial charge in [-0.2, -0.15) is 5.10 Å². The lowest BCUT2D eigenvalue weighted by Gasteiger charge is -2.18. The summed E-state index contributed by atoms with van der Waals surface area (Å²) in [7, 11) is 4.07. The number of aromatic nitrogens is 2. The monoisotopic (exact) mass is 223 g/mol. The SMILES string of the molecule is CNCC(Cc1cc(C)nn1C)CC(C)C. The molecule has 0 saturated heterocycles. The molecule has 92 valence electrons. The Bertz CT molecular complexity index is 315. The van der Waals surface area contributed by atoms with Gasteiger partial charge < -0.3 is 5.32 Å². The Morgan fingerprint density at radius 3 is 2.56 bits per heavy atom. The summed E-state index contributed by atoms with van der Waals surface area (Å²) in [6, 6.07) is 2.20. The zero-order chi connectivity index (χ0) is 12.1. The van der Waals surface area contributed by atoms with Gasteiger partial charge in [0.25, 0.3) is 0 Å². The molecule has 1 heterocycles. The summed E-state index contributed by atoms with van der Waals surface area (Å²) in [5.41, 5.74) is 2.46. The molecule has 0 saturated carbocycles. The van der Waals surface area contributed by atoms with Gasteiger partial charge in [0, 0.05) is 12.7 Å². The summed E-state index contributed by atoms with van der Waals surface area (Å²) in [6.07, 6.45) is 2.39. The van der Waals surface area contributed by atoms with Gasteiger partial charge in [0.2, 0.25) is 0 Å². The van der Waals surface area contributed by atoms with Crippen LogP contribution < -0.4 is 5.32 Å². The van der Waals surface area contributed by atoms with Crippen LogP contribution in [0.1, 0.15) is 31.7 Å². The van der Waals surface area contributed by atoms with Gasteiger partial charge in [-0.1, -0.05) is 13.8 Å². The first kappa shape index (κ1) is 13.2. The lowest BCUT2D eigenvalue weighted by atomic mass is 9.92. The fourth-order valence-electron chi connectivity index (χ4n) is 2.35. The van der Waals surface area contributed by atoms with Crippen LogP contribution >= 0.6 is 0 Å². The van der Waals surface area contributed by atoms with Crippen molar-refractivity contribution >= 4 is 0 Å². The van der Waals surface area contributed by atoms with E-state index in [1.807, 2.05) is 18.8 Å². The van der Waals surface area contributed by atoms with Crippen molar-refractivity contribution in [2.45, 2.75) is 33.6 Å². The van der Waals surface area contributed by atoms with Crippen LogP contribution in [0.3, 0.4) is 0 Å². The number of hydrogen-bond acceptors (Lipinski definition) is 2. The van der Waals surface area contributed by atoms with Crippen LogP contribution in [0.5, 0.6) is 0 Å². The van der Waals surface area contributed by atoms with Crippen molar-refractivity contribution in [1.82, 2.24) is 15.1 Å². The minimum absolute atomic E-state index is 0.708. The van der Waals surface area contributed by atoms with Crippen molar-refractivity contribution < 1.29 is 0 Å². The van der Waals surface area contributed by atoms with E-state index in [4.69, 9.17) is 0 Å². The summed E-state index contributed by atoms with van der Waals surface area (Å²) in [5, 5.41) is 7.69. The zero-order valence-electron chi connectivity index (χ0n) is 11.2. The van der Waals surface area contributed by atoms with Crippen molar-refractivity contribution in [3.63, 3.8) is 0 Å². The second kappa shape index (κ2) is 6.04. The smallest absolute Gasteiger partial charge is 0.0596 e. The van der Waals surface area contributed by atoms with E-state index >= 15 is 0 Å². The average molecular weight is 223 g/mol. The van der Waals surface area contributed by atoms with Crippen molar-refractivity contribution in [2.24, 2.45) is 18.9 Å². The molecule has 1 aromatic heterocycles. The van der Waals surface area contributed by atoms with Gasteiger partial charge in [-0.05, 0) is 51.3 Å². The Balaban J connectivity index is 2.63. The molecule has 0 radical (unpaired) electrons. The number of aryl methyl sites for hydroxylation is 2. The Labute approximate surface area is 99.2 Å². The first-order chi connectivity index (χ1) is 7.52. The lowest BCUT2D eigenvalue weighted by Crippen LogP contribution is -2.23. The van der Waals surface area contributed by atoms with Crippen LogP contribution in [-0.2, 0) is 13.5 Å². The van der Waals surface area contributed by atoms with E-state index in [-0.39, 0.29) is 0 Å². The number of nitrogens with one attached hydrogen (secondary N) is 1. The largest absolute Gasteiger partial charge is 0.319 e. The zero-order valence-corrected chi connectivity index (χ0v) is 11.2. The van der Waals surface area contributed by atoms with Crippen molar-refractivity contribution in [3.8, 4) is 0 Å². The minimum atomic E-state index is 0.708. The predicted molar refractivity (Wildman–Crippen MR) is 68.5 cm³/mol. The van der Waals surface area contributed by atoms with E-state index in [2.05, 4.69) is 37.3 Å². The van der Waals surface area contributed by atoms with Gasteiger partial charge in [0.15, 0.2) is 0 Å². The molecule has 0 amide bonds. The first-order valence-electron chi connectivity index (χ1n) is 6.17. The molecule has 0 aliphatic heterocycles. The molecule has 0 spiro atoms. The Kier molecular flexibility index (Phi) is 5.00.